The highest BCUT2D eigenvalue weighted by Gasteiger charge is 2.21. The molecule has 23 heavy (non-hydrogen) atoms. The molecule has 0 bridgehead atoms. The first kappa shape index (κ1) is 15.5. The van der Waals surface area contributed by atoms with Crippen molar-refractivity contribution in [3.63, 3.8) is 0 Å². The number of aliphatic hydroxyl groups is 1. The molecular formula is C17H16N2O3S. The molecule has 0 spiro atoms. The van der Waals surface area contributed by atoms with Crippen molar-refractivity contribution < 1.29 is 14.6 Å². The predicted octanol–water partition coefficient (Wildman–Crippen LogP) is 3.01. The van der Waals surface area contributed by atoms with Crippen molar-refractivity contribution in [3.05, 3.63) is 46.3 Å². The van der Waals surface area contributed by atoms with Gasteiger partial charge >= 0.3 is 0 Å². The molecule has 1 heterocycles. The number of nitrogens with one attached hydrogen (secondary N) is 1. The van der Waals surface area contributed by atoms with Gasteiger partial charge in [-0.1, -0.05) is 12.1 Å². The highest BCUT2D eigenvalue weighted by atomic mass is 32.1. The van der Waals surface area contributed by atoms with Crippen LogP contribution < -0.4 is 10.1 Å². The maximum Gasteiger partial charge on any atom is 0.262 e. The van der Waals surface area contributed by atoms with Crippen molar-refractivity contribution in [2.75, 3.05) is 11.9 Å². The van der Waals surface area contributed by atoms with Gasteiger partial charge in [0.25, 0.3) is 5.91 Å². The van der Waals surface area contributed by atoms with Crippen molar-refractivity contribution in [2.45, 2.75) is 25.4 Å². The van der Waals surface area contributed by atoms with Crippen LogP contribution in [0.15, 0.2) is 29.6 Å². The van der Waals surface area contributed by atoms with Gasteiger partial charge in [0, 0.05) is 0 Å². The lowest BCUT2D eigenvalue weighted by Crippen LogP contribution is -2.21. The number of carbonyl (C=O) groups excluding carboxylic acids is 1. The number of rotatable bonds is 4. The lowest BCUT2D eigenvalue weighted by atomic mass is 9.89. The zero-order chi connectivity index (χ0) is 16.2. The maximum atomic E-state index is 12.0. The first-order valence-electron chi connectivity index (χ1n) is 7.39. The molecule has 0 saturated heterocycles. The van der Waals surface area contributed by atoms with Crippen LogP contribution in [0.2, 0.25) is 0 Å². The molecule has 1 aromatic heterocycles. The van der Waals surface area contributed by atoms with E-state index < -0.39 is 6.10 Å². The van der Waals surface area contributed by atoms with Crippen LogP contribution in [0.3, 0.4) is 0 Å². The summed E-state index contributed by atoms with van der Waals surface area (Å²) in [5.74, 6) is 0.334. The molecule has 1 amide bonds. The molecule has 1 aliphatic carbocycles. The summed E-state index contributed by atoms with van der Waals surface area (Å²) in [5, 5.41) is 23.9. The van der Waals surface area contributed by atoms with E-state index >= 15 is 0 Å². The number of anilines is 1. The van der Waals surface area contributed by atoms with Gasteiger partial charge in [-0.2, -0.15) is 5.26 Å². The smallest absolute Gasteiger partial charge is 0.262 e. The van der Waals surface area contributed by atoms with Gasteiger partial charge in [0.15, 0.2) is 6.61 Å². The number of hydrogen-bond donors (Lipinski definition) is 2. The van der Waals surface area contributed by atoms with Gasteiger partial charge < -0.3 is 15.2 Å². The van der Waals surface area contributed by atoms with E-state index in [2.05, 4.69) is 5.32 Å². The fourth-order valence-electron chi connectivity index (χ4n) is 2.73. The molecule has 3 rings (SSSR count). The quantitative estimate of drug-likeness (QED) is 0.904. The van der Waals surface area contributed by atoms with Gasteiger partial charge in [0.05, 0.1) is 11.7 Å². The first-order chi connectivity index (χ1) is 11.2. The average Bonchev–Trinajstić information content (AvgIpc) is 3.00. The number of nitrogens with zero attached hydrogens (tertiary/aromatic N) is 1. The van der Waals surface area contributed by atoms with Crippen LogP contribution in [0.25, 0.3) is 0 Å². The Labute approximate surface area is 138 Å². The summed E-state index contributed by atoms with van der Waals surface area (Å²) in [5.41, 5.74) is 2.32. The van der Waals surface area contributed by atoms with E-state index in [1.54, 1.807) is 11.4 Å². The van der Waals surface area contributed by atoms with Gasteiger partial charge in [0.2, 0.25) is 0 Å². The fraction of sp³-hybridized carbons (Fsp3) is 0.294. The second kappa shape index (κ2) is 6.82. The second-order valence-electron chi connectivity index (χ2n) is 5.34. The zero-order valence-electron chi connectivity index (χ0n) is 12.4. The molecule has 118 valence electrons. The summed E-state index contributed by atoms with van der Waals surface area (Å²) < 4.78 is 5.64. The van der Waals surface area contributed by atoms with E-state index in [0.717, 1.165) is 30.4 Å². The molecule has 0 aliphatic heterocycles. The Kier molecular flexibility index (Phi) is 4.60. The summed E-state index contributed by atoms with van der Waals surface area (Å²) in [4.78, 5) is 12.0. The zero-order valence-corrected chi connectivity index (χ0v) is 13.2. The maximum absolute atomic E-state index is 12.0. The SMILES string of the molecule is N#Cc1ccsc1NC(=O)COc1cccc2c1CCC[C@H]2O. The van der Waals surface area contributed by atoms with Gasteiger partial charge in [-0.05, 0) is 47.9 Å². The Morgan fingerprint density at radius 1 is 1.48 bits per heavy atom. The molecular weight excluding hydrogens is 312 g/mol. The highest BCUT2D eigenvalue weighted by Crippen LogP contribution is 2.35. The van der Waals surface area contributed by atoms with Crippen molar-refractivity contribution in [3.8, 4) is 11.8 Å². The Hall–Kier alpha value is -2.36. The van der Waals surface area contributed by atoms with Crippen LogP contribution in [-0.2, 0) is 11.2 Å². The topological polar surface area (TPSA) is 82.4 Å². The van der Waals surface area contributed by atoms with Crippen molar-refractivity contribution in [1.29, 1.82) is 5.26 Å². The van der Waals surface area contributed by atoms with Gasteiger partial charge in [0.1, 0.15) is 16.8 Å². The lowest BCUT2D eigenvalue weighted by molar-refractivity contribution is -0.118. The molecule has 0 radical (unpaired) electrons. The van der Waals surface area contributed by atoms with Crippen LogP contribution in [0.5, 0.6) is 5.75 Å². The third kappa shape index (κ3) is 3.36. The molecule has 6 heteroatoms. The molecule has 5 nitrogen and oxygen atoms in total. The number of ether oxygens (including phenoxy) is 1. The van der Waals surface area contributed by atoms with Crippen LogP contribution in [0.4, 0.5) is 5.00 Å². The third-order valence-corrected chi connectivity index (χ3v) is 4.66. The lowest BCUT2D eigenvalue weighted by Gasteiger charge is -2.23. The van der Waals surface area contributed by atoms with Crippen LogP contribution >= 0.6 is 11.3 Å². The van der Waals surface area contributed by atoms with E-state index in [4.69, 9.17) is 10.00 Å². The van der Waals surface area contributed by atoms with E-state index in [1.807, 2.05) is 24.3 Å². The normalized spacial score (nSPS) is 16.3. The highest BCUT2D eigenvalue weighted by molar-refractivity contribution is 7.14. The molecule has 1 atom stereocenters. The molecule has 0 saturated carbocycles. The largest absolute Gasteiger partial charge is 0.483 e. The predicted molar refractivity (Wildman–Crippen MR) is 87.5 cm³/mol. The van der Waals surface area contributed by atoms with Crippen LogP contribution in [-0.4, -0.2) is 17.6 Å². The van der Waals surface area contributed by atoms with E-state index in [9.17, 15) is 9.90 Å². The van der Waals surface area contributed by atoms with Crippen molar-refractivity contribution in [2.24, 2.45) is 0 Å². The van der Waals surface area contributed by atoms with Crippen LogP contribution in [0, 0.1) is 11.3 Å². The molecule has 1 aromatic carbocycles. The number of benzene rings is 1. The Bertz CT molecular complexity index is 763. The molecule has 0 fully saturated rings. The van der Waals surface area contributed by atoms with Crippen molar-refractivity contribution in [1.82, 2.24) is 0 Å². The summed E-state index contributed by atoms with van der Waals surface area (Å²) in [6.07, 6.45) is 2.04. The molecule has 2 N–H and O–H groups in total. The standard InChI is InChI=1S/C17H16N2O3S/c18-9-11-7-8-23-17(11)19-16(21)10-22-15-6-2-3-12-13(15)4-1-5-14(12)20/h2-3,6-8,14,20H,1,4-5,10H2,(H,19,21)/t14-/m1/s1. The summed E-state index contributed by atoms with van der Waals surface area (Å²) in [6.45, 7) is -0.130. The summed E-state index contributed by atoms with van der Waals surface area (Å²) in [7, 11) is 0. The van der Waals surface area contributed by atoms with Gasteiger partial charge in [-0.15, -0.1) is 11.3 Å². The van der Waals surface area contributed by atoms with Gasteiger partial charge in [-0.25, -0.2) is 0 Å². The van der Waals surface area contributed by atoms with E-state index in [-0.39, 0.29) is 12.5 Å². The van der Waals surface area contributed by atoms with E-state index in [1.165, 1.54) is 11.3 Å². The second-order valence-corrected chi connectivity index (χ2v) is 6.26. The number of nitriles is 1. The molecule has 1 aliphatic rings. The monoisotopic (exact) mass is 328 g/mol. The fourth-order valence-corrected chi connectivity index (χ4v) is 3.48. The minimum absolute atomic E-state index is 0.130. The number of hydrogen-bond acceptors (Lipinski definition) is 5. The van der Waals surface area contributed by atoms with E-state index in [0.29, 0.717) is 16.3 Å². The van der Waals surface area contributed by atoms with Crippen molar-refractivity contribution >= 4 is 22.2 Å². The minimum atomic E-state index is -0.458. The average molecular weight is 328 g/mol. The Balaban J connectivity index is 1.66. The molecule has 0 unspecified atom stereocenters. The third-order valence-electron chi connectivity index (χ3n) is 3.83. The first-order valence-corrected chi connectivity index (χ1v) is 8.27. The molecule has 2 aromatic rings. The summed E-state index contributed by atoms with van der Waals surface area (Å²) in [6, 6.07) is 9.23. The van der Waals surface area contributed by atoms with Gasteiger partial charge in [-0.3, -0.25) is 4.79 Å². The van der Waals surface area contributed by atoms with Crippen LogP contribution in [0.1, 0.15) is 35.6 Å². The number of thiophene rings is 1. The summed E-state index contributed by atoms with van der Waals surface area (Å²) >= 11 is 1.30. The number of amides is 1. The number of aliphatic hydroxyl groups excluding tert-OH is 1. The minimum Gasteiger partial charge on any atom is -0.483 e. The Morgan fingerprint density at radius 2 is 2.35 bits per heavy atom. The number of carbonyl (C=O) groups is 1. The Morgan fingerprint density at radius 3 is 3.17 bits per heavy atom. The number of fused-ring (bicyclic) bond motifs is 1.